The molecule has 1 rings (SSSR count). The molecule has 0 heterocycles. The quantitative estimate of drug-likeness (QED) is 0.775. The second kappa shape index (κ2) is 5.66. The van der Waals surface area contributed by atoms with Crippen LogP contribution in [0.25, 0.3) is 0 Å². The van der Waals surface area contributed by atoms with Gasteiger partial charge in [-0.05, 0) is 43.3 Å². The molecule has 82 valence electrons. The van der Waals surface area contributed by atoms with E-state index in [0.717, 1.165) is 18.5 Å². The molecular formula is C11H15FN2S. The lowest BCUT2D eigenvalue weighted by Crippen LogP contribution is -2.29. The topological polar surface area (TPSA) is 24.1 Å². The summed E-state index contributed by atoms with van der Waals surface area (Å²) < 4.78 is 13.3. The van der Waals surface area contributed by atoms with Crippen LogP contribution in [0.2, 0.25) is 0 Å². The van der Waals surface area contributed by atoms with E-state index in [1.54, 1.807) is 12.1 Å². The Balaban J connectivity index is 2.63. The van der Waals surface area contributed by atoms with Gasteiger partial charge in [0, 0.05) is 6.54 Å². The summed E-state index contributed by atoms with van der Waals surface area (Å²) in [6, 6.07) is 4.89. The molecular weight excluding hydrogens is 211 g/mol. The van der Waals surface area contributed by atoms with Crippen molar-refractivity contribution in [2.75, 3.05) is 11.9 Å². The van der Waals surface area contributed by atoms with E-state index in [-0.39, 0.29) is 5.82 Å². The van der Waals surface area contributed by atoms with Crippen molar-refractivity contribution in [1.29, 1.82) is 0 Å². The van der Waals surface area contributed by atoms with Crippen molar-refractivity contribution in [1.82, 2.24) is 5.32 Å². The number of nitrogens with one attached hydrogen (secondary N) is 2. The maximum atomic E-state index is 13.3. The number of halogens is 1. The Morgan fingerprint density at radius 2 is 2.20 bits per heavy atom. The van der Waals surface area contributed by atoms with Crippen LogP contribution in [0, 0.1) is 12.7 Å². The summed E-state index contributed by atoms with van der Waals surface area (Å²) in [5.74, 6) is -0.291. The van der Waals surface area contributed by atoms with E-state index in [4.69, 9.17) is 12.2 Å². The number of benzene rings is 1. The number of rotatable bonds is 3. The lowest BCUT2D eigenvalue weighted by molar-refractivity contribution is 0.631. The van der Waals surface area contributed by atoms with Crippen molar-refractivity contribution in [3.8, 4) is 0 Å². The van der Waals surface area contributed by atoms with Crippen molar-refractivity contribution in [3.63, 3.8) is 0 Å². The van der Waals surface area contributed by atoms with Gasteiger partial charge in [0.2, 0.25) is 0 Å². The number of thiocarbonyl (C=S) groups is 1. The SMILES string of the molecule is CCCNC(=S)Nc1cc(C)ccc1F. The fourth-order valence-electron chi connectivity index (χ4n) is 1.14. The first-order valence-corrected chi connectivity index (χ1v) is 5.35. The van der Waals surface area contributed by atoms with E-state index in [0.29, 0.717) is 10.8 Å². The molecule has 2 N–H and O–H groups in total. The molecule has 4 heteroatoms. The molecule has 0 aromatic heterocycles. The number of hydrogen-bond donors (Lipinski definition) is 2. The van der Waals surface area contributed by atoms with Gasteiger partial charge in [-0.3, -0.25) is 0 Å². The van der Waals surface area contributed by atoms with Crippen LogP contribution in [0.3, 0.4) is 0 Å². The molecule has 0 radical (unpaired) electrons. The maximum Gasteiger partial charge on any atom is 0.170 e. The van der Waals surface area contributed by atoms with E-state index in [9.17, 15) is 4.39 Å². The van der Waals surface area contributed by atoms with Crippen molar-refractivity contribution in [2.45, 2.75) is 20.3 Å². The van der Waals surface area contributed by atoms with Gasteiger partial charge in [-0.2, -0.15) is 0 Å². The van der Waals surface area contributed by atoms with E-state index in [1.165, 1.54) is 6.07 Å². The molecule has 0 aliphatic carbocycles. The maximum absolute atomic E-state index is 13.3. The summed E-state index contributed by atoms with van der Waals surface area (Å²) in [5.41, 5.74) is 1.42. The van der Waals surface area contributed by atoms with Crippen molar-refractivity contribution in [2.24, 2.45) is 0 Å². The summed E-state index contributed by atoms with van der Waals surface area (Å²) in [7, 11) is 0. The van der Waals surface area contributed by atoms with Crippen molar-refractivity contribution >= 4 is 23.0 Å². The molecule has 0 fully saturated rings. The normalized spacial score (nSPS) is 9.80. The lowest BCUT2D eigenvalue weighted by Gasteiger charge is -2.10. The van der Waals surface area contributed by atoms with E-state index >= 15 is 0 Å². The highest BCUT2D eigenvalue weighted by molar-refractivity contribution is 7.80. The van der Waals surface area contributed by atoms with Gasteiger partial charge in [-0.15, -0.1) is 0 Å². The molecule has 0 spiro atoms. The van der Waals surface area contributed by atoms with Crippen LogP contribution in [-0.2, 0) is 0 Å². The average molecular weight is 226 g/mol. The first-order valence-electron chi connectivity index (χ1n) is 4.94. The van der Waals surface area contributed by atoms with E-state index in [1.807, 2.05) is 13.8 Å². The molecule has 0 amide bonds. The van der Waals surface area contributed by atoms with Crippen LogP contribution in [0.15, 0.2) is 18.2 Å². The van der Waals surface area contributed by atoms with Gasteiger partial charge in [-0.25, -0.2) is 4.39 Å². The van der Waals surface area contributed by atoms with Gasteiger partial charge in [0.25, 0.3) is 0 Å². The monoisotopic (exact) mass is 226 g/mol. The number of hydrogen-bond acceptors (Lipinski definition) is 1. The summed E-state index contributed by atoms with van der Waals surface area (Å²) >= 11 is 5.02. The van der Waals surface area contributed by atoms with Crippen LogP contribution in [0.5, 0.6) is 0 Å². The zero-order valence-corrected chi connectivity index (χ0v) is 9.75. The van der Waals surface area contributed by atoms with Crippen LogP contribution in [0.1, 0.15) is 18.9 Å². The zero-order valence-electron chi connectivity index (χ0n) is 8.93. The molecule has 0 aliphatic rings. The minimum absolute atomic E-state index is 0.291. The third-order valence-corrected chi connectivity index (χ3v) is 2.15. The summed E-state index contributed by atoms with van der Waals surface area (Å²) in [4.78, 5) is 0. The fourth-order valence-corrected chi connectivity index (χ4v) is 1.35. The lowest BCUT2D eigenvalue weighted by atomic mass is 10.2. The highest BCUT2D eigenvalue weighted by atomic mass is 32.1. The predicted molar refractivity (Wildman–Crippen MR) is 65.7 cm³/mol. The van der Waals surface area contributed by atoms with Gasteiger partial charge in [0.15, 0.2) is 5.11 Å². The molecule has 0 saturated carbocycles. The van der Waals surface area contributed by atoms with Crippen LogP contribution in [0.4, 0.5) is 10.1 Å². The Kier molecular flexibility index (Phi) is 4.49. The molecule has 0 aliphatic heterocycles. The second-order valence-electron chi connectivity index (χ2n) is 3.36. The van der Waals surface area contributed by atoms with Gasteiger partial charge in [0.05, 0.1) is 5.69 Å². The Labute approximate surface area is 94.9 Å². The van der Waals surface area contributed by atoms with Crippen LogP contribution < -0.4 is 10.6 Å². The summed E-state index contributed by atoms with van der Waals surface area (Å²) in [6.45, 7) is 4.75. The second-order valence-corrected chi connectivity index (χ2v) is 3.77. The summed E-state index contributed by atoms with van der Waals surface area (Å²) in [6.07, 6.45) is 0.984. The highest BCUT2D eigenvalue weighted by Crippen LogP contribution is 2.15. The van der Waals surface area contributed by atoms with Gasteiger partial charge in [0.1, 0.15) is 5.82 Å². The smallest absolute Gasteiger partial charge is 0.170 e. The Bertz CT molecular complexity index is 352. The van der Waals surface area contributed by atoms with Gasteiger partial charge >= 0.3 is 0 Å². The molecule has 2 nitrogen and oxygen atoms in total. The Hall–Kier alpha value is -1.16. The Morgan fingerprint density at radius 1 is 1.47 bits per heavy atom. The largest absolute Gasteiger partial charge is 0.362 e. The molecule has 0 unspecified atom stereocenters. The van der Waals surface area contributed by atoms with E-state index in [2.05, 4.69) is 10.6 Å². The predicted octanol–water partition coefficient (Wildman–Crippen LogP) is 2.83. The average Bonchev–Trinajstić information content (AvgIpc) is 2.20. The first-order chi connectivity index (χ1) is 7.13. The fraction of sp³-hybridized carbons (Fsp3) is 0.364. The van der Waals surface area contributed by atoms with Crippen molar-refractivity contribution < 1.29 is 4.39 Å². The number of aryl methyl sites for hydroxylation is 1. The standard InChI is InChI=1S/C11H15FN2S/c1-3-6-13-11(15)14-10-7-8(2)4-5-9(10)12/h4-5,7H,3,6H2,1-2H3,(H2,13,14,15). The van der Waals surface area contributed by atoms with Gasteiger partial charge in [-0.1, -0.05) is 13.0 Å². The van der Waals surface area contributed by atoms with Crippen molar-refractivity contribution in [3.05, 3.63) is 29.6 Å². The first kappa shape index (κ1) is 11.9. The Morgan fingerprint density at radius 3 is 2.87 bits per heavy atom. The summed E-state index contributed by atoms with van der Waals surface area (Å²) in [5, 5.41) is 6.27. The minimum atomic E-state index is -0.291. The van der Waals surface area contributed by atoms with Crippen LogP contribution in [-0.4, -0.2) is 11.7 Å². The molecule has 0 atom stereocenters. The molecule has 15 heavy (non-hydrogen) atoms. The molecule has 1 aromatic carbocycles. The van der Waals surface area contributed by atoms with E-state index < -0.39 is 0 Å². The third kappa shape index (κ3) is 3.83. The van der Waals surface area contributed by atoms with Crippen LogP contribution >= 0.6 is 12.2 Å². The number of anilines is 1. The van der Waals surface area contributed by atoms with Gasteiger partial charge < -0.3 is 10.6 Å². The molecule has 0 saturated heterocycles. The third-order valence-electron chi connectivity index (χ3n) is 1.91. The molecule has 0 bridgehead atoms. The molecule has 1 aromatic rings. The zero-order chi connectivity index (χ0) is 11.3. The minimum Gasteiger partial charge on any atom is -0.362 e. The highest BCUT2D eigenvalue weighted by Gasteiger charge is 2.03.